The average Bonchev–Trinajstić information content (AvgIpc) is 3.10. The van der Waals surface area contributed by atoms with Crippen LogP contribution in [0.25, 0.3) is 5.57 Å². The Labute approximate surface area is 195 Å². The van der Waals surface area contributed by atoms with E-state index in [0.29, 0.717) is 61.2 Å². The minimum atomic E-state index is -0.347. The Balaban J connectivity index is 2.08. The highest BCUT2D eigenvalue weighted by Crippen LogP contribution is 2.35. The first-order valence-corrected chi connectivity index (χ1v) is 11.2. The number of anilines is 1. The van der Waals surface area contributed by atoms with Gasteiger partial charge in [-0.25, -0.2) is 4.90 Å². The van der Waals surface area contributed by atoms with Crippen molar-refractivity contribution in [2.24, 2.45) is 0 Å². The number of hydrogen-bond donors (Lipinski definition) is 0. The van der Waals surface area contributed by atoms with Gasteiger partial charge in [-0.3, -0.25) is 9.59 Å². The average molecular weight is 453 g/mol. The highest BCUT2D eigenvalue weighted by molar-refractivity contribution is 6.45. The van der Waals surface area contributed by atoms with E-state index in [2.05, 4.69) is 6.92 Å². The fourth-order valence-electron chi connectivity index (χ4n) is 3.81. The van der Waals surface area contributed by atoms with Crippen molar-refractivity contribution in [3.8, 4) is 5.75 Å². The Morgan fingerprint density at radius 3 is 1.94 bits per heavy atom. The topological polar surface area (TPSA) is 68.3 Å². The first-order chi connectivity index (χ1) is 16.0. The van der Waals surface area contributed by atoms with Crippen molar-refractivity contribution in [2.45, 2.75) is 20.3 Å². The molecule has 176 valence electrons. The van der Waals surface area contributed by atoms with Crippen LogP contribution in [0.4, 0.5) is 5.69 Å². The lowest BCUT2D eigenvalue weighted by molar-refractivity contribution is -0.120. The fraction of sp³-hybridized carbons (Fsp3) is 0.385. The molecule has 0 bridgehead atoms. The molecule has 2 aromatic carbocycles. The van der Waals surface area contributed by atoms with Crippen LogP contribution >= 0.6 is 0 Å². The van der Waals surface area contributed by atoms with Crippen LogP contribution < -0.4 is 9.64 Å². The molecule has 7 nitrogen and oxygen atoms in total. The third kappa shape index (κ3) is 5.43. The molecule has 0 radical (unpaired) electrons. The van der Waals surface area contributed by atoms with Crippen molar-refractivity contribution >= 4 is 23.1 Å². The van der Waals surface area contributed by atoms with Crippen LogP contribution in [0.1, 0.15) is 25.0 Å². The van der Waals surface area contributed by atoms with E-state index in [-0.39, 0.29) is 11.8 Å². The minimum Gasteiger partial charge on any atom is -0.494 e. The smallest absolute Gasteiger partial charge is 0.282 e. The molecule has 33 heavy (non-hydrogen) atoms. The molecule has 0 fully saturated rings. The molecule has 1 aliphatic heterocycles. The van der Waals surface area contributed by atoms with Gasteiger partial charge in [0.1, 0.15) is 11.4 Å². The molecule has 7 heteroatoms. The van der Waals surface area contributed by atoms with Crippen LogP contribution in [-0.2, 0) is 25.5 Å². The molecule has 1 aliphatic rings. The molecule has 0 N–H and O–H groups in total. The summed E-state index contributed by atoms with van der Waals surface area (Å²) in [6, 6.07) is 14.8. The normalized spacial score (nSPS) is 13.8. The molecule has 0 atom stereocenters. The number of aryl methyl sites for hydroxylation is 1. The first-order valence-electron chi connectivity index (χ1n) is 11.2. The van der Waals surface area contributed by atoms with Gasteiger partial charge in [0.2, 0.25) is 0 Å². The second-order valence-corrected chi connectivity index (χ2v) is 7.62. The standard InChI is InChI=1S/C26H32N2O5/c1-5-19-7-11-21(12-8-19)28-25(29)23(20-9-13-22(14-10-20)33-6-2)24(26(28)30)27(15-17-31-3)16-18-32-4/h7-14H,5-6,15-18H2,1-4H3. The number of hydrogen-bond acceptors (Lipinski definition) is 6. The molecule has 0 spiro atoms. The van der Waals surface area contributed by atoms with E-state index in [9.17, 15) is 9.59 Å². The SMILES string of the molecule is CCOc1ccc(C2=C(N(CCOC)CCOC)C(=O)N(c3ccc(CC)cc3)C2=O)cc1. The zero-order valence-corrected chi connectivity index (χ0v) is 19.8. The van der Waals surface area contributed by atoms with Gasteiger partial charge in [-0.1, -0.05) is 31.2 Å². The Bertz CT molecular complexity index is 975. The highest BCUT2D eigenvalue weighted by Gasteiger charge is 2.42. The molecule has 2 amide bonds. The lowest BCUT2D eigenvalue weighted by Gasteiger charge is -2.25. The lowest BCUT2D eigenvalue weighted by atomic mass is 10.0. The highest BCUT2D eigenvalue weighted by atomic mass is 16.5. The van der Waals surface area contributed by atoms with Crippen LogP contribution in [0.5, 0.6) is 5.75 Å². The second-order valence-electron chi connectivity index (χ2n) is 7.62. The minimum absolute atomic E-state index is 0.344. The summed E-state index contributed by atoms with van der Waals surface area (Å²) in [6.07, 6.45) is 0.880. The molecule has 1 heterocycles. The Kier molecular flexibility index (Phi) is 8.63. The van der Waals surface area contributed by atoms with Gasteiger partial charge in [0, 0.05) is 27.3 Å². The van der Waals surface area contributed by atoms with E-state index in [4.69, 9.17) is 14.2 Å². The Hall–Kier alpha value is -3.16. The van der Waals surface area contributed by atoms with Crippen LogP contribution in [0, 0.1) is 0 Å². The summed E-state index contributed by atoms with van der Waals surface area (Å²) in [5.41, 5.74) is 3.09. The van der Waals surface area contributed by atoms with Crippen molar-refractivity contribution in [3.63, 3.8) is 0 Å². The summed E-state index contributed by atoms with van der Waals surface area (Å²) in [5.74, 6) is 0.0198. The van der Waals surface area contributed by atoms with Gasteiger partial charge in [-0.05, 0) is 48.7 Å². The summed E-state index contributed by atoms with van der Waals surface area (Å²) in [5, 5.41) is 0. The monoisotopic (exact) mass is 452 g/mol. The number of amides is 2. The van der Waals surface area contributed by atoms with E-state index in [1.165, 1.54) is 4.90 Å². The number of nitrogens with zero attached hydrogens (tertiary/aromatic N) is 2. The molecule has 0 aliphatic carbocycles. The largest absolute Gasteiger partial charge is 0.494 e. The second kappa shape index (κ2) is 11.6. The van der Waals surface area contributed by atoms with Gasteiger partial charge in [0.15, 0.2) is 0 Å². The Morgan fingerprint density at radius 2 is 1.42 bits per heavy atom. The van der Waals surface area contributed by atoms with Gasteiger partial charge in [-0.15, -0.1) is 0 Å². The number of methoxy groups -OCH3 is 2. The predicted molar refractivity (Wildman–Crippen MR) is 128 cm³/mol. The van der Waals surface area contributed by atoms with E-state index in [1.807, 2.05) is 60.4 Å². The van der Waals surface area contributed by atoms with Gasteiger partial charge in [-0.2, -0.15) is 0 Å². The number of imide groups is 1. The van der Waals surface area contributed by atoms with Crippen LogP contribution in [-0.4, -0.2) is 63.8 Å². The number of rotatable bonds is 12. The predicted octanol–water partition coefficient (Wildman–Crippen LogP) is 3.53. The Morgan fingerprint density at radius 1 is 0.818 bits per heavy atom. The maximum Gasteiger partial charge on any atom is 0.282 e. The van der Waals surface area contributed by atoms with Crippen molar-refractivity contribution in [1.29, 1.82) is 0 Å². The van der Waals surface area contributed by atoms with Crippen molar-refractivity contribution in [1.82, 2.24) is 4.90 Å². The van der Waals surface area contributed by atoms with Gasteiger partial charge in [0.05, 0.1) is 31.1 Å². The maximum absolute atomic E-state index is 13.7. The lowest BCUT2D eigenvalue weighted by Crippen LogP contribution is -2.37. The fourth-order valence-corrected chi connectivity index (χ4v) is 3.81. The first kappa shape index (κ1) is 24.5. The number of ether oxygens (including phenoxy) is 3. The van der Waals surface area contributed by atoms with E-state index in [0.717, 1.165) is 12.0 Å². The van der Waals surface area contributed by atoms with Gasteiger partial charge >= 0.3 is 0 Å². The molecule has 0 unspecified atom stereocenters. The quantitative estimate of drug-likeness (QED) is 0.459. The van der Waals surface area contributed by atoms with Crippen molar-refractivity contribution < 1.29 is 23.8 Å². The van der Waals surface area contributed by atoms with E-state index in [1.54, 1.807) is 14.2 Å². The molecule has 3 rings (SSSR count). The summed E-state index contributed by atoms with van der Waals surface area (Å²) in [6.45, 7) is 6.27. The van der Waals surface area contributed by atoms with Crippen molar-refractivity contribution in [2.75, 3.05) is 52.0 Å². The van der Waals surface area contributed by atoms with Crippen LogP contribution in [0.3, 0.4) is 0 Å². The van der Waals surface area contributed by atoms with Crippen molar-refractivity contribution in [3.05, 3.63) is 65.4 Å². The molecule has 2 aromatic rings. The summed E-state index contributed by atoms with van der Waals surface area (Å²) in [7, 11) is 3.22. The maximum atomic E-state index is 13.7. The number of benzene rings is 2. The molecule has 0 aromatic heterocycles. The van der Waals surface area contributed by atoms with Gasteiger partial charge < -0.3 is 19.1 Å². The van der Waals surface area contributed by atoms with Crippen LogP contribution in [0.2, 0.25) is 0 Å². The summed E-state index contributed by atoms with van der Waals surface area (Å²) < 4.78 is 16.1. The number of carbonyl (C=O) groups is 2. The zero-order chi connectivity index (χ0) is 23.8. The zero-order valence-electron chi connectivity index (χ0n) is 19.8. The molecular formula is C26H32N2O5. The third-order valence-electron chi connectivity index (χ3n) is 5.56. The molecular weight excluding hydrogens is 420 g/mol. The molecule has 0 saturated heterocycles. The third-order valence-corrected chi connectivity index (χ3v) is 5.56. The molecule has 0 saturated carbocycles. The summed E-state index contributed by atoms with van der Waals surface area (Å²) >= 11 is 0. The van der Waals surface area contributed by atoms with E-state index >= 15 is 0 Å². The summed E-state index contributed by atoms with van der Waals surface area (Å²) in [4.78, 5) is 30.5. The van der Waals surface area contributed by atoms with Gasteiger partial charge in [0.25, 0.3) is 11.8 Å². The van der Waals surface area contributed by atoms with Crippen LogP contribution in [0.15, 0.2) is 54.2 Å². The van der Waals surface area contributed by atoms with E-state index < -0.39 is 0 Å². The number of carbonyl (C=O) groups excluding carboxylic acids is 2.